The Morgan fingerprint density at radius 3 is 2.64 bits per heavy atom. The molecule has 3 saturated carbocycles. The Bertz CT molecular complexity index is 512. The van der Waals surface area contributed by atoms with E-state index in [2.05, 4.69) is 33.4 Å². The van der Waals surface area contributed by atoms with Crippen LogP contribution >= 0.6 is 0 Å². The Balaban J connectivity index is 1.67. The summed E-state index contributed by atoms with van der Waals surface area (Å²) in [7, 11) is 0. The van der Waals surface area contributed by atoms with Crippen LogP contribution in [0.1, 0.15) is 78.6 Å². The van der Waals surface area contributed by atoms with Crippen molar-refractivity contribution in [2.75, 3.05) is 0 Å². The summed E-state index contributed by atoms with van der Waals surface area (Å²) in [4.78, 5) is 0. The standard InChI is InChI=1S/C22H34/c1-5-16-7-9-19-18-8-6-17-14-15(2)10-12-22(17,4)20(18)11-13-21(16,19)3/h14,16,18-20H,2,5-13H2,1,3-4H3/t16?,18?,19?,20?,21-,22+/m1/s1. The predicted molar refractivity (Wildman–Crippen MR) is 94.6 cm³/mol. The molecule has 4 aliphatic rings. The van der Waals surface area contributed by atoms with Crippen LogP contribution in [0, 0.1) is 34.5 Å². The van der Waals surface area contributed by atoms with Gasteiger partial charge in [-0.15, -0.1) is 0 Å². The fourth-order valence-electron chi connectivity index (χ4n) is 7.43. The molecule has 0 radical (unpaired) electrons. The topological polar surface area (TPSA) is 0 Å². The first-order chi connectivity index (χ1) is 10.5. The number of fused-ring (bicyclic) bond motifs is 5. The summed E-state index contributed by atoms with van der Waals surface area (Å²) in [6.07, 6.45) is 15.4. The van der Waals surface area contributed by atoms with E-state index in [1.807, 2.05) is 0 Å². The van der Waals surface area contributed by atoms with Gasteiger partial charge in [0.05, 0.1) is 0 Å². The Morgan fingerprint density at radius 2 is 1.86 bits per heavy atom. The number of hydrogen-bond acceptors (Lipinski definition) is 0. The second-order valence-electron chi connectivity index (χ2n) is 9.39. The Hall–Kier alpha value is -0.520. The van der Waals surface area contributed by atoms with Gasteiger partial charge in [-0.3, -0.25) is 0 Å². The van der Waals surface area contributed by atoms with Gasteiger partial charge < -0.3 is 0 Å². The lowest BCUT2D eigenvalue weighted by Crippen LogP contribution is -2.50. The van der Waals surface area contributed by atoms with Crippen molar-refractivity contribution in [1.82, 2.24) is 0 Å². The lowest BCUT2D eigenvalue weighted by Gasteiger charge is -2.58. The van der Waals surface area contributed by atoms with Gasteiger partial charge in [0.25, 0.3) is 0 Å². The van der Waals surface area contributed by atoms with E-state index in [1.165, 1.54) is 63.4 Å². The molecule has 0 N–H and O–H groups in total. The molecule has 0 aliphatic heterocycles. The highest BCUT2D eigenvalue weighted by molar-refractivity contribution is 5.33. The maximum absolute atomic E-state index is 4.25. The van der Waals surface area contributed by atoms with Crippen molar-refractivity contribution in [2.45, 2.75) is 78.6 Å². The zero-order chi connectivity index (χ0) is 15.5. The molecule has 6 atom stereocenters. The summed E-state index contributed by atoms with van der Waals surface area (Å²) in [5, 5.41) is 0. The van der Waals surface area contributed by atoms with E-state index >= 15 is 0 Å². The van der Waals surface area contributed by atoms with Gasteiger partial charge >= 0.3 is 0 Å². The van der Waals surface area contributed by atoms with Crippen LogP contribution in [-0.4, -0.2) is 0 Å². The van der Waals surface area contributed by atoms with Crippen LogP contribution in [0.5, 0.6) is 0 Å². The van der Waals surface area contributed by atoms with Gasteiger partial charge in [-0.05, 0) is 85.9 Å². The van der Waals surface area contributed by atoms with E-state index in [9.17, 15) is 0 Å². The van der Waals surface area contributed by atoms with Gasteiger partial charge in [0, 0.05) is 0 Å². The minimum Gasteiger partial charge on any atom is -0.0958 e. The highest BCUT2D eigenvalue weighted by Gasteiger charge is 2.58. The Morgan fingerprint density at radius 1 is 1.05 bits per heavy atom. The third-order valence-corrected chi connectivity index (χ3v) is 8.77. The van der Waals surface area contributed by atoms with Crippen molar-refractivity contribution in [2.24, 2.45) is 34.5 Å². The van der Waals surface area contributed by atoms with Crippen molar-refractivity contribution in [3.63, 3.8) is 0 Å². The summed E-state index contributed by atoms with van der Waals surface area (Å²) in [5.41, 5.74) is 4.33. The number of allylic oxidation sites excluding steroid dienone is 3. The molecular formula is C22H34. The molecular weight excluding hydrogens is 264 g/mol. The smallest absolute Gasteiger partial charge is 0.00790 e. The first kappa shape index (κ1) is 15.0. The summed E-state index contributed by atoms with van der Waals surface area (Å²) >= 11 is 0. The summed E-state index contributed by atoms with van der Waals surface area (Å²) in [6, 6.07) is 0. The molecule has 0 heterocycles. The van der Waals surface area contributed by atoms with Crippen LogP contribution in [0.2, 0.25) is 0 Å². The number of hydrogen-bond donors (Lipinski definition) is 0. The molecule has 0 saturated heterocycles. The van der Waals surface area contributed by atoms with Crippen LogP contribution in [0.4, 0.5) is 0 Å². The maximum Gasteiger partial charge on any atom is -0.00790 e. The molecule has 0 nitrogen and oxygen atoms in total. The molecule has 22 heavy (non-hydrogen) atoms. The minimum absolute atomic E-state index is 0.510. The SMILES string of the molecule is C=C1C=C2CCC3C4CCC(CC)[C@@]4(C)CCC3[C@@]2(C)CC1. The monoisotopic (exact) mass is 298 g/mol. The molecule has 0 spiro atoms. The quantitative estimate of drug-likeness (QED) is 0.516. The average molecular weight is 299 g/mol. The zero-order valence-electron chi connectivity index (χ0n) is 15.0. The van der Waals surface area contributed by atoms with E-state index in [1.54, 1.807) is 5.57 Å². The maximum atomic E-state index is 4.25. The molecule has 4 aliphatic carbocycles. The normalized spacial score (nSPS) is 50.9. The Kier molecular flexibility index (Phi) is 3.41. The van der Waals surface area contributed by atoms with Gasteiger partial charge in [0.2, 0.25) is 0 Å². The van der Waals surface area contributed by atoms with Crippen LogP contribution in [-0.2, 0) is 0 Å². The second kappa shape index (κ2) is 4.99. The highest BCUT2D eigenvalue weighted by atomic mass is 14.6. The van der Waals surface area contributed by atoms with Crippen molar-refractivity contribution >= 4 is 0 Å². The van der Waals surface area contributed by atoms with Crippen LogP contribution in [0.25, 0.3) is 0 Å². The largest absolute Gasteiger partial charge is 0.0958 e. The third-order valence-electron chi connectivity index (χ3n) is 8.77. The first-order valence-electron chi connectivity index (χ1n) is 9.88. The third kappa shape index (κ3) is 1.88. The van der Waals surface area contributed by atoms with E-state index in [4.69, 9.17) is 0 Å². The van der Waals surface area contributed by atoms with Crippen LogP contribution < -0.4 is 0 Å². The van der Waals surface area contributed by atoms with Gasteiger partial charge in [0.1, 0.15) is 0 Å². The molecule has 122 valence electrons. The summed E-state index contributed by atoms with van der Waals surface area (Å²) in [5.74, 6) is 4.02. The molecule has 4 unspecified atom stereocenters. The van der Waals surface area contributed by atoms with Crippen molar-refractivity contribution < 1.29 is 0 Å². The summed E-state index contributed by atoms with van der Waals surface area (Å²) in [6.45, 7) is 11.9. The lowest BCUT2D eigenvalue weighted by atomic mass is 9.46. The van der Waals surface area contributed by atoms with Crippen LogP contribution in [0.15, 0.2) is 23.8 Å². The molecule has 0 aromatic carbocycles. The fraction of sp³-hybridized carbons (Fsp3) is 0.818. The van der Waals surface area contributed by atoms with E-state index < -0.39 is 0 Å². The zero-order valence-corrected chi connectivity index (χ0v) is 15.0. The van der Waals surface area contributed by atoms with Crippen molar-refractivity contribution in [3.8, 4) is 0 Å². The Labute approximate surface area is 137 Å². The molecule has 0 aromatic heterocycles. The highest BCUT2D eigenvalue weighted by Crippen LogP contribution is 2.67. The minimum atomic E-state index is 0.510. The molecule has 0 amide bonds. The van der Waals surface area contributed by atoms with Crippen molar-refractivity contribution in [3.05, 3.63) is 23.8 Å². The fourth-order valence-corrected chi connectivity index (χ4v) is 7.43. The van der Waals surface area contributed by atoms with Gasteiger partial charge in [-0.2, -0.15) is 0 Å². The summed E-state index contributed by atoms with van der Waals surface area (Å²) < 4.78 is 0. The number of rotatable bonds is 1. The molecule has 0 bridgehead atoms. The lowest BCUT2D eigenvalue weighted by molar-refractivity contribution is -0.0502. The molecule has 3 fully saturated rings. The van der Waals surface area contributed by atoms with Crippen LogP contribution in [0.3, 0.4) is 0 Å². The van der Waals surface area contributed by atoms with E-state index in [-0.39, 0.29) is 0 Å². The van der Waals surface area contributed by atoms with Gasteiger partial charge in [-0.25, -0.2) is 0 Å². The predicted octanol–water partition coefficient (Wildman–Crippen LogP) is 6.53. The average Bonchev–Trinajstić information content (AvgIpc) is 2.84. The van der Waals surface area contributed by atoms with Crippen molar-refractivity contribution in [1.29, 1.82) is 0 Å². The van der Waals surface area contributed by atoms with E-state index in [0.29, 0.717) is 10.8 Å². The van der Waals surface area contributed by atoms with Gasteiger partial charge in [-0.1, -0.05) is 51.0 Å². The molecule has 4 rings (SSSR count). The first-order valence-corrected chi connectivity index (χ1v) is 9.88. The van der Waals surface area contributed by atoms with Gasteiger partial charge in [0.15, 0.2) is 0 Å². The molecule has 0 aromatic rings. The van der Waals surface area contributed by atoms with E-state index in [0.717, 1.165) is 23.7 Å². The second-order valence-corrected chi connectivity index (χ2v) is 9.39. The molecule has 0 heteroatoms.